The second-order valence-corrected chi connectivity index (χ2v) is 6.70. The number of hydrogen-bond donors (Lipinski definition) is 1. The molecule has 0 saturated carbocycles. The van der Waals surface area contributed by atoms with E-state index in [1.807, 2.05) is 35.2 Å². The van der Waals surface area contributed by atoms with Crippen molar-refractivity contribution in [2.45, 2.75) is 39.5 Å². The quantitative estimate of drug-likeness (QED) is 0.549. The Balaban J connectivity index is 1.70. The fourth-order valence-corrected chi connectivity index (χ4v) is 2.97. The summed E-state index contributed by atoms with van der Waals surface area (Å²) >= 11 is 0. The third-order valence-corrected chi connectivity index (χ3v) is 4.36. The molecule has 0 aliphatic rings. The summed E-state index contributed by atoms with van der Waals surface area (Å²) in [7, 11) is 0. The summed E-state index contributed by atoms with van der Waals surface area (Å²) in [4.78, 5) is 14.2. The van der Waals surface area contributed by atoms with Crippen molar-refractivity contribution in [3.05, 3.63) is 60.2 Å². The van der Waals surface area contributed by atoms with E-state index in [2.05, 4.69) is 43.4 Å². The zero-order valence-corrected chi connectivity index (χ0v) is 16.6. The Morgan fingerprint density at radius 1 is 0.963 bits per heavy atom. The molecule has 2 rings (SSSR count). The van der Waals surface area contributed by atoms with Gasteiger partial charge in [-0.1, -0.05) is 44.2 Å². The van der Waals surface area contributed by atoms with Crippen LogP contribution in [0, 0.1) is 0 Å². The van der Waals surface area contributed by atoms with Crippen molar-refractivity contribution >= 4 is 11.6 Å². The van der Waals surface area contributed by atoms with Crippen molar-refractivity contribution in [1.82, 2.24) is 4.90 Å². The minimum Gasteiger partial charge on any atom is -0.494 e. The largest absolute Gasteiger partial charge is 0.494 e. The van der Waals surface area contributed by atoms with Gasteiger partial charge < -0.3 is 15.0 Å². The van der Waals surface area contributed by atoms with E-state index in [1.54, 1.807) is 0 Å². The average molecular weight is 369 g/mol. The molecule has 2 aromatic carbocycles. The summed E-state index contributed by atoms with van der Waals surface area (Å²) in [5, 5.41) is 3.21. The third-order valence-electron chi connectivity index (χ3n) is 4.36. The molecule has 0 heterocycles. The van der Waals surface area contributed by atoms with E-state index in [9.17, 15) is 4.79 Å². The SMILES string of the molecule is CCCN(CCC)C(=O)CNc1ccc(OCCCc2ccccc2)cc1. The van der Waals surface area contributed by atoms with Crippen LogP contribution in [0.1, 0.15) is 38.7 Å². The Bertz CT molecular complexity index is 650. The first-order valence-electron chi connectivity index (χ1n) is 10.0. The van der Waals surface area contributed by atoms with Gasteiger partial charge in [0.1, 0.15) is 5.75 Å². The molecule has 0 aromatic heterocycles. The maximum absolute atomic E-state index is 12.3. The van der Waals surface area contributed by atoms with E-state index in [0.29, 0.717) is 13.2 Å². The lowest BCUT2D eigenvalue weighted by molar-refractivity contribution is -0.129. The summed E-state index contributed by atoms with van der Waals surface area (Å²) in [5.74, 6) is 1.01. The lowest BCUT2D eigenvalue weighted by atomic mass is 10.1. The molecule has 0 atom stereocenters. The van der Waals surface area contributed by atoms with E-state index in [1.165, 1.54) is 5.56 Å². The van der Waals surface area contributed by atoms with Gasteiger partial charge in [0.15, 0.2) is 0 Å². The van der Waals surface area contributed by atoms with Crippen LogP contribution in [0.3, 0.4) is 0 Å². The van der Waals surface area contributed by atoms with Gasteiger partial charge in [-0.3, -0.25) is 4.79 Å². The predicted molar refractivity (Wildman–Crippen MR) is 112 cm³/mol. The van der Waals surface area contributed by atoms with Gasteiger partial charge in [-0.25, -0.2) is 0 Å². The van der Waals surface area contributed by atoms with Gasteiger partial charge in [-0.15, -0.1) is 0 Å². The molecule has 2 aromatic rings. The Labute approximate surface area is 163 Å². The minimum atomic E-state index is 0.153. The first-order chi connectivity index (χ1) is 13.2. The highest BCUT2D eigenvalue weighted by atomic mass is 16.5. The molecule has 27 heavy (non-hydrogen) atoms. The number of nitrogens with one attached hydrogen (secondary N) is 1. The molecule has 0 aliphatic heterocycles. The molecule has 0 aliphatic carbocycles. The smallest absolute Gasteiger partial charge is 0.241 e. The first kappa shape index (κ1) is 20.8. The van der Waals surface area contributed by atoms with Gasteiger partial charge in [0.05, 0.1) is 13.2 Å². The number of rotatable bonds is 12. The minimum absolute atomic E-state index is 0.153. The topological polar surface area (TPSA) is 41.6 Å². The first-order valence-corrected chi connectivity index (χ1v) is 10.0. The van der Waals surface area contributed by atoms with Crippen molar-refractivity contribution in [3.63, 3.8) is 0 Å². The Morgan fingerprint density at radius 2 is 1.63 bits per heavy atom. The van der Waals surface area contributed by atoms with Crippen LogP contribution in [0.25, 0.3) is 0 Å². The van der Waals surface area contributed by atoms with Crippen molar-refractivity contribution in [3.8, 4) is 5.75 Å². The molecule has 146 valence electrons. The number of hydrogen-bond acceptors (Lipinski definition) is 3. The fraction of sp³-hybridized carbons (Fsp3) is 0.435. The van der Waals surface area contributed by atoms with Crippen LogP contribution >= 0.6 is 0 Å². The monoisotopic (exact) mass is 368 g/mol. The summed E-state index contributed by atoms with van der Waals surface area (Å²) < 4.78 is 5.81. The third kappa shape index (κ3) is 7.73. The molecule has 0 radical (unpaired) electrons. The Morgan fingerprint density at radius 3 is 2.26 bits per heavy atom. The molecule has 0 fully saturated rings. The average Bonchev–Trinajstić information content (AvgIpc) is 2.71. The Kier molecular flexibility index (Phi) is 9.25. The lowest BCUT2D eigenvalue weighted by Crippen LogP contribution is -2.36. The van der Waals surface area contributed by atoms with Gasteiger partial charge in [0.2, 0.25) is 5.91 Å². The number of aryl methyl sites for hydroxylation is 1. The van der Waals surface area contributed by atoms with Gasteiger partial charge in [0.25, 0.3) is 0 Å². The predicted octanol–water partition coefficient (Wildman–Crippen LogP) is 4.76. The van der Waals surface area contributed by atoms with Gasteiger partial charge in [0, 0.05) is 18.8 Å². The van der Waals surface area contributed by atoms with Crippen LogP contribution in [-0.2, 0) is 11.2 Å². The van der Waals surface area contributed by atoms with Crippen LogP contribution in [-0.4, -0.2) is 37.0 Å². The van der Waals surface area contributed by atoms with Crippen molar-refractivity contribution in [2.24, 2.45) is 0 Å². The van der Waals surface area contributed by atoms with Crippen LogP contribution in [0.15, 0.2) is 54.6 Å². The number of ether oxygens (including phenoxy) is 1. The molecule has 0 spiro atoms. The molecular weight excluding hydrogens is 336 g/mol. The lowest BCUT2D eigenvalue weighted by Gasteiger charge is -2.21. The maximum Gasteiger partial charge on any atom is 0.241 e. The van der Waals surface area contributed by atoms with Crippen molar-refractivity contribution < 1.29 is 9.53 Å². The number of nitrogens with zero attached hydrogens (tertiary/aromatic N) is 1. The van der Waals surface area contributed by atoms with Crippen LogP contribution in [0.4, 0.5) is 5.69 Å². The van der Waals surface area contributed by atoms with E-state index in [-0.39, 0.29) is 5.91 Å². The van der Waals surface area contributed by atoms with Gasteiger partial charge in [-0.2, -0.15) is 0 Å². The highest BCUT2D eigenvalue weighted by molar-refractivity contribution is 5.80. The second kappa shape index (κ2) is 12.0. The molecule has 0 saturated heterocycles. The van der Waals surface area contributed by atoms with Gasteiger partial charge >= 0.3 is 0 Å². The summed E-state index contributed by atoms with van der Waals surface area (Å²) in [6.07, 6.45) is 3.99. The molecule has 4 heteroatoms. The molecule has 4 nitrogen and oxygen atoms in total. The van der Waals surface area contributed by atoms with E-state index >= 15 is 0 Å². The summed E-state index contributed by atoms with van der Waals surface area (Å²) in [5.41, 5.74) is 2.28. The van der Waals surface area contributed by atoms with Crippen molar-refractivity contribution in [1.29, 1.82) is 0 Å². The number of benzene rings is 2. The standard InChI is InChI=1S/C23H32N2O2/c1-3-16-25(17-4-2)23(26)19-24-21-12-14-22(15-13-21)27-18-8-11-20-9-6-5-7-10-20/h5-7,9-10,12-15,24H,3-4,8,11,16-19H2,1-2H3. The van der Waals surface area contributed by atoms with Crippen LogP contribution < -0.4 is 10.1 Å². The zero-order chi connectivity index (χ0) is 19.3. The number of carbonyl (C=O) groups excluding carboxylic acids is 1. The normalized spacial score (nSPS) is 10.4. The number of carbonyl (C=O) groups is 1. The second-order valence-electron chi connectivity index (χ2n) is 6.70. The highest BCUT2D eigenvalue weighted by Crippen LogP contribution is 2.16. The zero-order valence-electron chi connectivity index (χ0n) is 16.6. The van der Waals surface area contributed by atoms with Crippen molar-refractivity contribution in [2.75, 3.05) is 31.6 Å². The molecular formula is C23H32N2O2. The summed E-state index contributed by atoms with van der Waals surface area (Å²) in [6.45, 7) is 6.87. The fourth-order valence-electron chi connectivity index (χ4n) is 2.97. The molecule has 1 amide bonds. The Hall–Kier alpha value is -2.49. The number of amides is 1. The van der Waals surface area contributed by atoms with E-state index in [0.717, 1.165) is 50.2 Å². The van der Waals surface area contributed by atoms with Gasteiger partial charge in [-0.05, 0) is 55.5 Å². The molecule has 0 unspecified atom stereocenters. The molecule has 1 N–H and O–H groups in total. The highest BCUT2D eigenvalue weighted by Gasteiger charge is 2.11. The summed E-state index contributed by atoms with van der Waals surface area (Å²) in [6, 6.07) is 18.3. The van der Waals surface area contributed by atoms with E-state index < -0.39 is 0 Å². The molecule has 0 bridgehead atoms. The number of anilines is 1. The van der Waals surface area contributed by atoms with Crippen LogP contribution in [0.2, 0.25) is 0 Å². The maximum atomic E-state index is 12.3. The van der Waals surface area contributed by atoms with E-state index in [4.69, 9.17) is 4.74 Å². The van der Waals surface area contributed by atoms with Crippen LogP contribution in [0.5, 0.6) is 5.75 Å².